The van der Waals surface area contributed by atoms with Crippen molar-refractivity contribution >= 4 is 17.7 Å². The minimum absolute atomic E-state index is 0.232. The Balaban J connectivity index is 2.71. The fourth-order valence-electron chi connectivity index (χ4n) is 1.93. The van der Waals surface area contributed by atoms with Crippen molar-refractivity contribution < 1.29 is 9.90 Å². The van der Waals surface area contributed by atoms with Crippen molar-refractivity contribution in [2.75, 3.05) is 7.05 Å². The minimum atomic E-state index is -0.869. The predicted octanol–water partition coefficient (Wildman–Crippen LogP) is 3.24. The average molecular weight is 281 g/mol. The van der Waals surface area contributed by atoms with E-state index in [1.165, 1.54) is 16.0 Å². The number of carboxylic acids is 1. The molecule has 2 unspecified atom stereocenters. The van der Waals surface area contributed by atoms with Gasteiger partial charge in [0.25, 0.3) is 0 Å². The largest absolute Gasteiger partial charge is 0.480 e. The molecule has 0 spiro atoms. The van der Waals surface area contributed by atoms with Crippen molar-refractivity contribution in [2.24, 2.45) is 0 Å². The molecule has 0 bridgehead atoms. The SMILES string of the molecule is CNC(C)(CC(C)Sc1ccc(C)c(C)c1)C(=O)O. The lowest BCUT2D eigenvalue weighted by Crippen LogP contribution is -2.49. The molecule has 0 saturated heterocycles. The number of thioether (sulfide) groups is 1. The molecule has 0 aromatic heterocycles. The summed E-state index contributed by atoms with van der Waals surface area (Å²) in [5.74, 6) is -0.803. The molecule has 0 heterocycles. The summed E-state index contributed by atoms with van der Waals surface area (Å²) in [6.07, 6.45) is 0.580. The minimum Gasteiger partial charge on any atom is -0.480 e. The quantitative estimate of drug-likeness (QED) is 0.786. The Morgan fingerprint density at radius 2 is 2.05 bits per heavy atom. The summed E-state index contributed by atoms with van der Waals surface area (Å²) in [6, 6.07) is 6.37. The maximum atomic E-state index is 11.3. The van der Waals surface area contributed by atoms with Crippen LogP contribution in [-0.2, 0) is 4.79 Å². The van der Waals surface area contributed by atoms with E-state index >= 15 is 0 Å². The average Bonchev–Trinajstić information content (AvgIpc) is 2.33. The second-order valence-electron chi connectivity index (χ2n) is 5.27. The number of carboxylic acid groups (broad SMARTS) is 1. The van der Waals surface area contributed by atoms with E-state index in [0.29, 0.717) is 6.42 Å². The maximum Gasteiger partial charge on any atom is 0.323 e. The van der Waals surface area contributed by atoms with Gasteiger partial charge in [0, 0.05) is 10.1 Å². The number of likely N-dealkylation sites (N-methyl/N-ethyl adjacent to an activating group) is 1. The van der Waals surface area contributed by atoms with Crippen molar-refractivity contribution in [3.8, 4) is 0 Å². The summed E-state index contributed by atoms with van der Waals surface area (Å²) in [7, 11) is 1.70. The number of hydrogen-bond acceptors (Lipinski definition) is 3. The molecule has 1 rings (SSSR count). The van der Waals surface area contributed by atoms with Crippen LogP contribution < -0.4 is 5.32 Å². The van der Waals surface area contributed by atoms with Gasteiger partial charge in [0.05, 0.1) is 0 Å². The van der Waals surface area contributed by atoms with Gasteiger partial charge < -0.3 is 10.4 Å². The summed E-state index contributed by atoms with van der Waals surface area (Å²) in [4.78, 5) is 12.5. The normalized spacial score (nSPS) is 15.8. The first kappa shape index (κ1) is 16.1. The number of aliphatic carboxylic acids is 1. The molecule has 106 valence electrons. The number of nitrogens with one attached hydrogen (secondary N) is 1. The number of carbonyl (C=O) groups is 1. The summed E-state index contributed by atoms with van der Waals surface area (Å²) in [5, 5.41) is 12.4. The highest BCUT2D eigenvalue weighted by molar-refractivity contribution is 7.99. The molecular weight excluding hydrogens is 258 g/mol. The molecule has 0 radical (unpaired) electrons. The Hall–Kier alpha value is -1.00. The van der Waals surface area contributed by atoms with Gasteiger partial charge in [-0.25, -0.2) is 0 Å². The third-order valence-corrected chi connectivity index (χ3v) is 4.63. The van der Waals surface area contributed by atoms with Crippen molar-refractivity contribution in [1.82, 2.24) is 5.32 Å². The number of rotatable bonds is 6. The van der Waals surface area contributed by atoms with Gasteiger partial charge in [-0.1, -0.05) is 13.0 Å². The van der Waals surface area contributed by atoms with Gasteiger partial charge in [-0.2, -0.15) is 0 Å². The Labute approximate surface area is 119 Å². The van der Waals surface area contributed by atoms with E-state index in [-0.39, 0.29) is 5.25 Å². The Bertz CT molecular complexity index is 461. The van der Waals surface area contributed by atoms with Crippen LogP contribution in [0.25, 0.3) is 0 Å². The van der Waals surface area contributed by atoms with E-state index < -0.39 is 11.5 Å². The van der Waals surface area contributed by atoms with Crippen LogP contribution in [0.4, 0.5) is 0 Å². The maximum absolute atomic E-state index is 11.3. The Kier molecular flexibility index (Phi) is 5.44. The Morgan fingerprint density at radius 3 is 2.53 bits per heavy atom. The predicted molar refractivity (Wildman–Crippen MR) is 81.0 cm³/mol. The smallest absolute Gasteiger partial charge is 0.323 e. The van der Waals surface area contributed by atoms with E-state index in [2.05, 4.69) is 44.3 Å². The van der Waals surface area contributed by atoms with E-state index in [0.717, 1.165) is 0 Å². The third kappa shape index (κ3) is 4.25. The zero-order valence-corrected chi connectivity index (χ0v) is 13.1. The van der Waals surface area contributed by atoms with Gasteiger partial charge in [0.1, 0.15) is 5.54 Å². The van der Waals surface area contributed by atoms with Crippen molar-refractivity contribution in [3.63, 3.8) is 0 Å². The Morgan fingerprint density at radius 1 is 1.42 bits per heavy atom. The molecule has 2 N–H and O–H groups in total. The molecule has 0 saturated carbocycles. The first-order chi connectivity index (χ1) is 8.78. The zero-order valence-electron chi connectivity index (χ0n) is 12.3. The number of benzene rings is 1. The van der Waals surface area contributed by atoms with Crippen LogP contribution in [0.15, 0.2) is 23.1 Å². The molecule has 0 aliphatic heterocycles. The highest BCUT2D eigenvalue weighted by Gasteiger charge is 2.33. The van der Waals surface area contributed by atoms with Gasteiger partial charge in [-0.15, -0.1) is 11.8 Å². The molecular formula is C15H23NO2S. The van der Waals surface area contributed by atoms with Crippen molar-refractivity contribution in [3.05, 3.63) is 29.3 Å². The summed E-state index contributed by atoms with van der Waals surface area (Å²) in [5.41, 5.74) is 1.68. The van der Waals surface area contributed by atoms with Gasteiger partial charge in [-0.3, -0.25) is 4.79 Å². The number of aryl methyl sites for hydroxylation is 2. The van der Waals surface area contributed by atoms with Crippen LogP contribution >= 0.6 is 11.8 Å². The van der Waals surface area contributed by atoms with Gasteiger partial charge in [-0.05, 0) is 57.5 Å². The first-order valence-corrected chi connectivity index (χ1v) is 7.32. The molecule has 0 amide bonds. The van der Waals surface area contributed by atoms with Crippen LogP contribution in [-0.4, -0.2) is 28.9 Å². The van der Waals surface area contributed by atoms with Crippen LogP contribution in [0.2, 0.25) is 0 Å². The van der Waals surface area contributed by atoms with Crippen molar-refractivity contribution in [1.29, 1.82) is 0 Å². The highest BCUT2D eigenvalue weighted by Crippen LogP contribution is 2.30. The topological polar surface area (TPSA) is 49.3 Å². The van der Waals surface area contributed by atoms with Crippen LogP contribution in [0.3, 0.4) is 0 Å². The molecule has 2 atom stereocenters. The lowest BCUT2D eigenvalue weighted by Gasteiger charge is -2.27. The van der Waals surface area contributed by atoms with E-state index in [4.69, 9.17) is 0 Å². The molecule has 4 heteroatoms. The summed E-state index contributed by atoms with van der Waals surface area (Å²) >= 11 is 1.72. The van der Waals surface area contributed by atoms with E-state index in [1.807, 2.05) is 0 Å². The van der Waals surface area contributed by atoms with Gasteiger partial charge >= 0.3 is 5.97 Å². The highest BCUT2D eigenvalue weighted by atomic mass is 32.2. The molecule has 3 nitrogen and oxygen atoms in total. The van der Waals surface area contributed by atoms with Gasteiger partial charge in [0.2, 0.25) is 0 Å². The fourth-order valence-corrected chi connectivity index (χ4v) is 3.21. The van der Waals surface area contributed by atoms with Gasteiger partial charge in [0.15, 0.2) is 0 Å². The lowest BCUT2D eigenvalue weighted by atomic mass is 9.96. The summed E-state index contributed by atoms with van der Waals surface area (Å²) in [6.45, 7) is 7.99. The lowest BCUT2D eigenvalue weighted by molar-refractivity contribution is -0.144. The molecule has 0 aliphatic rings. The third-order valence-electron chi connectivity index (χ3n) is 3.54. The van der Waals surface area contributed by atoms with Crippen LogP contribution in [0.5, 0.6) is 0 Å². The van der Waals surface area contributed by atoms with E-state index in [1.54, 1.807) is 25.7 Å². The van der Waals surface area contributed by atoms with Crippen LogP contribution in [0, 0.1) is 13.8 Å². The molecule has 19 heavy (non-hydrogen) atoms. The summed E-state index contributed by atoms with van der Waals surface area (Å²) < 4.78 is 0. The standard InChI is InChI=1S/C15H23NO2S/c1-10-6-7-13(8-11(10)2)19-12(3)9-15(4,16-5)14(17)18/h6-8,12,16H,9H2,1-5H3,(H,17,18). The second-order valence-corrected chi connectivity index (χ2v) is 6.78. The number of hydrogen-bond donors (Lipinski definition) is 2. The second kappa shape index (κ2) is 6.44. The first-order valence-electron chi connectivity index (χ1n) is 6.44. The zero-order chi connectivity index (χ0) is 14.6. The molecule has 0 fully saturated rings. The molecule has 1 aromatic rings. The fraction of sp³-hybridized carbons (Fsp3) is 0.533. The van der Waals surface area contributed by atoms with Crippen molar-refractivity contribution in [2.45, 2.75) is 49.8 Å². The monoisotopic (exact) mass is 281 g/mol. The molecule has 1 aromatic carbocycles. The van der Waals surface area contributed by atoms with E-state index in [9.17, 15) is 9.90 Å². The van der Waals surface area contributed by atoms with Crippen LogP contribution in [0.1, 0.15) is 31.4 Å². The molecule has 0 aliphatic carbocycles.